The summed E-state index contributed by atoms with van der Waals surface area (Å²) < 4.78 is 51.9. The first-order chi connectivity index (χ1) is 9.00. The molecule has 0 aliphatic rings. The van der Waals surface area contributed by atoms with Gasteiger partial charge in [0.05, 0.1) is 12.2 Å². The van der Waals surface area contributed by atoms with Gasteiger partial charge in [-0.1, -0.05) is 26.8 Å². The van der Waals surface area contributed by atoms with E-state index >= 15 is 0 Å². The molecule has 7 heteroatoms. The number of carbonyl (C=O) groups is 1. The van der Waals surface area contributed by atoms with Gasteiger partial charge in [0, 0.05) is 5.56 Å². The van der Waals surface area contributed by atoms with Crippen molar-refractivity contribution in [2.45, 2.75) is 27.2 Å². The van der Waals surface area contributed by atoms with Gasteiger partial charge in [0.1, 0.15) is 11.6 Å². The van der Waals surface area contributed by atoms with Crippen LogP contribution in [0.1, 0.15) is 26.3 Å². The fourth-order valence-corrected chi connectivity index (χ4v) is 3.31. The van der Waals surface area contributed by atoms with E-state index in [1.54, 1.807) is 20.8 Å². The molecular weight excluding hydrogens is 288 g/mol. The van der Waals surface area contributed by atoms with Crippen molar-refractivity contribution in [1.82, 2.24) is 4.72 Å². The molecule has 0 unspecified atom stereocenters. The lowest BCUT2D eigenvalue weighted by molar-refractivity contribution is -0.118. The number of hydrogen-bond donors (Lipinski definition) is 1. The van der Waals surface area contributed by atoms with Crippen LogP contribution in [0.25, 0.3) is 0 Å². The maximum atomic E-state index is 13.3. The molecule has 0 aliphatic carbocycles. The first-order valence-electron chi connectivity index (χ1n) is 5.96. The molecule has 0 aromatic heterocycles. The molecule has 4 nitrogen and oxygen atoms in total. The summed E-state index contributed by atoms with van der Waals surface area (Å²) in [5.41, 5.74) is -0.981. The van der Waals surface area contributed by atoms with Gasteiger partial charge in [-0.15, -0.1) is 0 Å². The number of nitrogens with one attached hydrogen (secondary N) is 1. The van der Waals surface area contributed by atoms with Crippen LogP contribution in [0.2, 0.25) is 0 Å². The zero-order valence-electron chi connectivity index (χ0n) is 11.5. The molecule has 0 spiro atoms. The molecule has 0 aliphatic heterocycles. The zero-order valence-corrected chi connectivity index (χ0v) is 12.4. The molecule has 1 amide bonds. The van der Waals surface area contributed by atoms with E-state index in [-0.39, 0.29) is 5.75 Å². The van der Waals surface area contributed by atoms with Crippen LogP contribution in [0.15, 0.2) is 18.2 Å². The Morgan fingerprint density at radius 1 is 1.20 bits per heavy atom. The lowest BCUT2D eigenvalue weighted by Crippen LogP contribution is -2.37. The molecular formula is C13H17F2NO3S. The number of hydrogen-bond acceptors (Lipinski definition) is 3. The molecule has 1 N–H and O–H groups in total. The normalized spacial score (nSPS) is 12.2. The zero-order chi connectivity index (χ0) is 15.6. The molecule has 0 saturated heterocycles. The lowest BCUT2D eigenvalue weighted by Gasteiger charge is -2.18. The molecule has 1 aromatic carbocycles. The van der Waals surface area contributed by atoms with Gasteiger partial charge in [0.25, 0.3) is 0 Å². The maximum absolute atomic E-state index is 13.3. The van der Waals surface area contributed by atoms with Crippen LogP contribution in [0, 0.1) is 17.0 Å². The Morgan fingerprint density at radius 3 is 2.15 bits per heavy atom. The molecule has 1 aromatic rings. The predicted octanol–water partition coefficient (Wildman–Crippen LogP) is 2.00. The third kappa shape index (κ3) is 5.24. The predicted molar refractivity (Wildman–Crippen MR) is 71.4 cm³/mol. The molecule has 1 rings (SSSR count). The average Bonchev–Trinajstić information content (AvgIpc) is 2.19. The van der Waals surface area contributed by atoms with E-state index in [4.69, 9.17) is 0 Å². The summed E-state index contributed by atoms with van der Waals surface area (Å²) in [5, 5.41) is 0. The monoisotopic (exact) mass is 305 g/mol. The minimum atomic E-state index is -3.83. The number of rotatable bonds is 4. The van der Waals surface area contributed by atoms with E-state index in [2.05, 4.69) is 0 Å². The molecule has 0 heterocycles. The molecule has 0 saturated carbocycles. The van der Waals surface area contributed by atoms with Crippen LogP contribution in [-0.4, -0.2) is 20.1 Å². The van der Waals surface area contributed by atoms with Gasteiger partial charge in [-0.3, -0.25) is 9.52 Å². The molecule has 0 fully saturated rings. The fourth-order valence-electron chi connectivity index (χ4n) is 1.68. The highest BCUT2D eigenvalue weighted by Gasteiger charge is 2.24. The molecule has 0 atom stereocenters. The Hall–Kier alpha value is -1.50. The highest BCUT2D eigenvalue weighted by Crippen LogP contribution is 2.16. The smallest absolute Gasteiger partial charge is 0.238 e. The lowest BCUT2D eigenvalue weighted by atomic mass is 10.0. The van der Waals surface area contributed by atoms with Crippen LogP contribution in [0.5, 0.6) is 0 Å². The van der Waals surface area contributed by atoms with Gasteiger partial charge < -0.3 is 0 Å². The van der Waals surface area contributed by atoms with Gasteiger partial charge in [0.2, 0.25) is 15.9 Å². The van der Waals surface area contributed by atoms with Crippen molar-refractivity contribution in [1.29, 1.82) is 0 Å². The second-order valence-electron chi connectivity index (χ2n) is 5.72. The van der Waals surface area contributed by atoms with E-state index in [1.165, 1.54) is 6.07 Å². The molecule has 20 heavy (non-hydrogen) atoms. The van der Waals surface area contributed by atoms with Crippen molar-refractivity contribution < 1.29 is 22.0 Å². The van der Waals surface area contributed by atoms with Crippen molar-refractivity contribution in [3.63, 3.8) is 0 Å². The first-order valence-corrected chi connectivity index (χ1v) is 7.62. The van der Waals surface area contributed by atoms with E-state index in [0.717, 1.165) is 12.1 Å². The summed E-state index contributed by atoms with van der Waals surface area (Å²) in [6, 6.07) is 3.19. The van der Waals surface area contributed by atoms with Crippen LogP contribution < -0.4 is 4.72 Å². The largest absolute Gasteiger partial charge is 0.274 e. The van der Waals surface area contributed by atoms with Crippen LogP contribution in [0.4, 0.5) is 8.78 Å². The van der Waals surface area contributed by atoms with Crippen molar-refractivity contribution in [3.05, 3.63) is 35.4 Å². The number of halogens is 2. The number of amides is 1. The second-order valence-corrected chi connectivity index (χ2v) is 7.44. The van der Waals surface area contributed by atoms with Gasteiger partial charge in [0.15, 0.2) is 0 Å². The third-order valence-electron chi connectivity index (χ3n) is 2.29. The van der Waals surface area contributed by atoms with E-state index < -0.39 is 45.0 Å². The van der Waals surface area contributed by atoms with E-state index in [1.807, 2.05) is 4.72 Å². The van der Waals surface area contributed by atoms with Crippen LogP contribution in [-0.2, 0) is 21.2 Å². The number of carbonyl (C=O) groups excluding carboxylic acids is 1. The van der Waals surface area contributed by atoms with Crippen LogP contribution >= 0.6 is 0 Å². The summed E-state index contributed by atoms with van der Waals surface area (Å²) in [6.07, 6.45) is -0.665. The summed E-state index contributed by atoms with van der Waals surface area (Å²) in [7, 11) is -3.83. The topological polar surface area (TPSA) is 63.2 Å². The quantitative estimate of drug-likeness (QED) is 0.925. The first kappa shape index (κ1) is 16.6. The molecule has 112 valence electrons. The number of benzene rings is 1. The fraction of sp³-hybridized carbons (Fsp3) is 0.462. The maximum Gasteiger partial charge on any atom is 0.238 e. The van der Waals surface area contributed by atoms with Gasteiger partial charge >= 0.3 is 0 Å². The summed E-state index contributed by atoms with van der Waals surface area (Å²) >= 11 is 0. The van der Waals surface area contributed by atoms with E-state index in [9.17, 15) is 22.0 Å². The summed E-state index contributed by atoms with van der Waals surface area (Å²) in [5.74, 6) is -2.98. The van der Waals surface area contributed by atoms with Crippen molar-refractivity contribution >= 4 is 15.9 Å². The van der Waals surface area contributed by atoms with Crippen LogP contribution in [0.3, 0.4) is 0 Å². The Labute approximate surface area is 117 Å². The summed E-state index contributed by atoms with van der Waals surface area (Å²) in [6.45, 7) is 5.10. The Balaban J connectivity index is 2.79. The summed E-state index contributed by atoms with van der Waals surface area (Å²) in [4.78, 5) is 11.6. The Kier molecular flexibility index (Phi) is 4.86. The standard InChI is InChI=1S/C13H17F2NO3S/c1-13(2,3)8-20(18,19)16-12(17)7-9-10(14)5-4-6-11(9)15/h4-6H,7-8H2,1-3H3,(H,16,17). The van der Waals surface area contributed by atoms with Crippen molar-refractivity contribution in [3.8, 4) is 0 Å². The van der Waals surface area contributed by atoms with Gasteiger partial charge in [-0.2, -0.15) is 0 Å². The second kappa shape index (κ2) is 5.87. The van der Waals surface area contributed by atoms with Gasteiger partial charge in [-0.05, 0) is 17.5 Å². The number of sulfonamides is 1. The minimum absolute atomic E-state index is 0.258. The molecule has 0 radical (unpaired) electrons. The highest BCUT2D eigenvalue weighted by atomic mass is 32.2. The highest BCUT2D eigenvalue weighted by molar-refractivity contribution is 7.90. The third-order valence-corrected chi connectivity index (χ3v) is 4.08. The minimum Gasteiger partial charge on any atom is -0.274 e. The van der Waals surface area contributed by atoms with E-state index in [0.29, 0.717) is 0 Å². The van der Waals surface area contributed by atoms with Gasteiger partial charge in [-0.25, -0.2) is 17.2 Å². The average molecular weight is 305 g/mol. The Morgan fingerprint density at radius 2 is 1.70 bits per heavy atom. The molecule has 0 bridgehead atoms. The SMILES string of the molecule is CC(C)(C)CS(=O)(=O)NC(=O)Cc1c(F)cccc1F. The van der Waals surface area contributed by atoms with Crippen molar-refractivity contribution in [2.75, 3.05) is 5.75 Å². The van der Waals surface area contributed by atoms with Crippen molar-refractivity contribution in [2.24, 2.45) is 5.41 Å². The Bertz CT molecular complexity index is 586.